The molecule has 142 valence electrons. The number of hydrogen-bond donors (Lipinski definition) is 2. The van der Waals surface area contributed by atoms with Crippen LogP contribution in [0.25, 0.3) is 10.9 Å². The van der Waals surface area contributed by atoms with E-state index in [1.54, 1.807) is 41.1 Å². The molecule has 0 aliphatic carbocycles. The molecule has 0 aliphatic rings. The van der Waals surface area contributed by atoms with E-state index in [0.717, 1.165) is 16.1 Å². The van der Waals surface area contributed by atoms with Gasteiger partial charge < -0.3 is 9.40 Å². The van der Waals surface area contributed by atoms with Crippen LogP contribution in [0.3, 0.4) is 0 Å². The molecule has 0 spiro atoms. The number of H-pyrrole nitrogens is 1. The highest BCUT2D eigenvalue weighted by Gasteiger charge is 2.15. The number of hydrogen-bond acceptors (Lipinski definition) is 5. The predicted octanol–water partition coefficient (Wildman–Crippen LogP) is 2.90. The standard InChI is InChI=1S/C19H17N5O3S/c1-11-9-12(2)23(21-11)10-13-7-8-16(27-13)17(25)22-24-18(26)14-5-3-4-6-15(14)20-19(24)28/h3-9H,10H2,1-2H3,(H,20,28)(H,22,25). The summed E-state index contributed by atoms with van der Waals surface area (Å²) < 4.78 is 8.50. The van der Waals surface area contributed by atoms with Crippen molar-refractivity contribution in [1.82, 2.24) is 19.4 Å². The van der Waals surface area contributed by atoms with Crippen LogP contribution in [0.5, 0.6) is 0 Å². The fraction of sp³-hybridized carbons (Fsp3) is 0.158. The molecule has 0 bridgehead atoms. The van der Waals surface area contributed by atoms with Gasteiger partial charge in [0.1, 0.15) is 5.76 Å². The van der Waals surface area contributed by atoms with Gasteiger partial charge in [-0.3, -0.25) is 19.7 Å². The molecule has 0 radical (unpaired) electrons. The Labute approximate surface area is 164 Å². The molecule has 0 unspecified atom stereocenters. The van der Waals surface area contributed by atoms with Gasteiger partial charge in [-0.15, -0.1) is 0 Å². The van der Waals surface area contributed by atoms with Crippen LogP contribution in [0.1, 0.15) is 27.7 Å². The Morgan fingerprint density at radius 2 is 2.04 bits per heavy atom. The maximum Gasteiger partial charge on any atom is 0.305 e. The van der Waals surface area contributed by atoms with Crippen LogP contribution in [0.4, 0.5) is 0 Å². The molecule has 0 fully saturated rings. The summed E-state index contributed by atoms with van der Waals surface area (Å²) in [6, 6.07) is 12.2. The lowest BCUT2D eigenvalue weighted by molar-refractivity contribution is 0.0978. The summed E-state index contributed by atoms with van der Waals surface area (Å²) in [5.74, 6) is 0.0786. The first-order chi connectivity index (χ1) is 13.4. The number of nitrogens with one attached hydrogen (secondary N) is 2. The molecule has 4 aromatic rings. The monoisotopic (exact) mass is 395 g/mol. The molecule has 0 aliphatic heterocycles. The number of aromatic amines is 1. The van der Waals surface area contributed by atoms with Crippen molar-refractivity contribution in [3.63, 3.8) is 0 Å². The topological polar surface area (TPSA) is 97.8 Å². The van der Waals surface area contributed by atoms with Gasteiger partial charge in [-0.2, -0.15) is 9.77 Å². The number of aromatic nitrogens is 4. The van der Waals surface area contributed by atoms with Crippen LogP contribution in [-0.2, 0) is 6.54 Å². The first-order valence-electron chi connectivity index (χ1n) is 8.57. The van der Waals surface area contributed by atoms with Gasteiger partial charge in [0.05, 0.1) is 23.1 Å². The minimum absolute atomic E-state index is 0.0750. The molecule has 2 N–H and O–H groups in total. The van der Waals surface area contributed by atoms with Crippen molar-refractivity contribution in [2.75, 3.05) is 5.43 Å². The molecule has 0 saturated carbocycles. The molecular weight excluding hydrogens is 378 g/mol. The molecule has 4 rings (SSSR count). The number of amides is 1. The van der Waals surface area contributed by atoms with Crippen molar-refractivity contribution in [2.24, 2.45) is 0 Å². The van der Waals surface area contributed by atoms with Crippen LogP contribution in [0.15, 0.2) is 51.7 Å². The van der Waals surface area contributed by atoms with Gasteiger partial charge in [-0.1, -0.05) is 12.1 Å². The molecule has 28 heavy (non-hydrogen) atoms. The average molecular weight is 395 g/mol. The largest absolute Gasteiger partial charge is 0.454 e. The molecule has 1 amide bonds. The van der Waals surface area contributed by atoms with E-state index in [0.29, 0.717) is 23.2 Å². The van der Waals surface area contributed by atoms with E-state index in [-0.39, 0.29) is 10.5 Å². The highest BCUT2D eigenvalue weighted by molar-refractivity contribution is 7.71. The molecule has 3 aromatic heterocycles. The lowest BCUT2D eigenvalue weighted by atomic mass is 10.2. The number of carbonyl (C=O) groups is 1. The Bertz CT molecular complexity index is 1310. The van der Waals surface area contributed by atoms with Crippen molar-refractivity contribution in [2.45, 2.75) is 20.4 Å². The van der Waals surface area contributed by atoms with Gasteiger partial charge in [-0.05, 0) is 56.4 Å². The quantitative estimate of drug-likeness (QED) is 0.518. The first-order valence-corrected chi connectivity index (χ1v) is 8.98. The van der Waals surface area contributed by atoms with Gasteiger partial charge in [0.25, 0.3) is 5.56 Å². The number of aryl methyl sites for hydroxylation is 2. The van der Waals surface area contributed by atoms with Crippen molar-refractivity contribution >= 4 is 29.0 Å². The van der Waals surface area contributed by atoms with Gasteiger partial charge in [-0.25, -0.2) is 0 Å². The van der Waals surface area contributed by atoms with Crippen LogP contribution >= 0.6 is 12.2 Å². The normalized spacial score (nSPS) is 11.1. The molecular formula is C19H17N5O3S. The Hall–Kier alpha value is -3.46. The van der Waals surface area contributed by atoms with E-state index in [2.05, 4.69) is 15.5 Å². The van der Waals surface area contributed by atoms with Gasteiger partial charge in [0, 0.05) is 5.69 Å². The number of para-hydroxylation sites is 1. The first kappa shape index (κ1) is 17.9. The van der Waals surface area contributed by atoms with E-state index in [1.807, 2.05) is 19.9 Å². The zero-order valence-corrected chi connectivity index (χ0v) is 16.0. The summed E-state index contributed by atoms with van der Waals surface area (Å²) in [6.45, 7) is 4.27. The zero-order valence-electron chi connectivity index (χ0n) is 15.2. The molecule has 9 heteroatoms. The Morgan fingerprint density at radius 3 is 2.79 bits per heavy atom. The lowest BCUT2D eigenvalue weighted by Crippen LogP contribution is -2.34. The highest BCUT2D eigenvalue weighted by atomic mass is 32.1. The van der Waals surface area contributed by atoms with E-state index in [9.17, 15) is 9.59 Å². The number of furan rings is 1. The number of carbonyl (C=O) groups excluding carboxylic acids is 1. The van der Waals surface area contributed by atoms with Crippen molar-refractivity contribution in [3.8, 4) is 0 Å². The molecule has 8 nitrogen and oxygen atoms in total. The highest BCUT2D eigenvalue weighted by Crippen LogP contribution is 2.12. The molecule has 0 atom stereocenters. The van der Waals surface area contributed by atoms with E-state index >= 15 is 0 Å². The van der Waals surface area contributed by atoms with Crippen LogP contribution in [0, 0.1) is 18.6 Å². The average Bonchev–Trinajstić information content (AvgIpc) is 3.25. The lowest BCUT2D eigenvalue weighted by Gasteiger charge is -2.08. The Balaban J connectivity index is 1.59. The summed E-state index contributed by atoms with van der Waals surface area (Å²) in [4.78, 5) is 28.1. The fourth-order valence-electron chi connectivity index (χ4n) is 2.99. The second-order valence-corrected chi connectivity index (χ2v) is 6.79. The fourth-order valence-corrected chi connectivity index (χ4v) is 3.23. The molecule has 1 aromatic carbocycles. The van der Waals surface area contributed by atoms with Crippen LogP contribution < -0.4 is 11.0 Å². The molecule has 3 heterocycles. The van der Waals surface area contributed by atoms with Gasteiger partial charge >= 0.3 is 5.91 Å². The van der Waals surface area contributed by atoms with Crippen molar-refractivity contribution < 1.29 is 9.21 Å². The summed E-state index contributed by atoms with van der Waals surface area (Å²) in [6.07, 6.45) is 0. The minimum atomic E-state index is -0.573. The summed E-state index contributed by atoms with van der Waals surface area (Å²) in [5, 5.41) is 4.79. The SMILES string of the molecule is Cc1cc(C)n(Cc2ccc(C(=O)Nn3c(=S)[nH]c4ccccc4c3=O)o2)n1. The minimum Gasteiger partial charge on any atom is -0.454 e. The second kappa shape index (κ2) is 6.93. The summed E-state index contributed by atoms with van der Waals surface area (Å²) in [7, 11) is 0. The summed E-state index contributed by atoms with van der Waals surface area (Å²) >= 11 is 5.19. The van der Waals surface area contributed by atoms with Gasteiger partial charge in [0.2, 0.25) is 0 Å². The van der Waals surface area contributed by atoms with Crippen LogP contribution in [0.2, 0.25) is 0 Å². The van der Waals surface area contributed by atoms with E-state index in [4.69, 9.17) is 16.6 Å². The second-order valence-electron chi connectivity index (χ2n) is 6.41. The molecule has 0 saturated heterocycles. The number of fused-ring (bicyclic) bond motifs is 1. The predicted molar refractivity (Wildman–Crippen MR) is 107 cm³/mol. The third-order valence-electron chi connectivity index (χ3n) is 4.31. The Morgan fingerprint density at radius 1 is 1.25 bits per heavy atom. The van der Waals surface area contributed by atoms with Crippen molar-refractivity contribution in [3.05, 3.63) is 80.5 Å². The maximum atomic E-state index is 12.6. The third kappa shape index (κ3) is 3.27. The van der Waals surface area contributed by atoms with Crippen molar-refractivity contribution in [1.29, 1.82) is 0 Å². The maximum absolute atomic E-state index is 12.6. The number of nitrogens with zero attached hydrogens (tertiary/aromatic N) is 3. The third-order valence-corrected chi connectivity index (χ3v) is 4.60. The summed E-state index contributed by atoms with van der Waals surface area (Å²) in [5.41, 5.74) is 4.59. The van der Waals surface area contributed by atoms with Gasteiger partial charge in [0.15, 0.2) is 10.5 Å². The zero-order chi connectivity index (χ0) is 19.8. The van der Waals surface area contributed by atoms with E-state index in [1.165, 1.54) is 0 Å². The smallest absolute Gasteiger partial charge is 0.305 e. The van der Waals surface area contributed by atoms with Crippen LogP contribution in [-0.4, -0.2) is 25.3 Å². The number of benzene rings is 1. The number of rotatable bonds is 4. The van der Waals surface area contributed by atoms with E-state index < -0.39 is 11.5 Å². The Kier molecular flexibility index (Phi) is 4.44.